The highest BCUT2D eigenvalue weighted by Gasteiger charge is 2.18. The molecule has 21 heavy (non-hydrogen) atoms. The molecule has 0 unspecified atom stereocenters. The number of carbonyl (C=O) groups is 2. The van der Waals surface area contributed by atoms with Crippen LogP contribution in [0.25, 0.3) is 10.9 Å². The quantitative estimate of drug-likeness (QED) is 0.795. The number of halogens is 1. The minimum absolute atomic E-state index is 0.0341. The van der Waals surface area contributed by atoms with Gasteiger partial charge in [-0.05, 0) is 26.8 Å². The molecule has 1 heterocycles. The van der Waals surface area contributed by atoms with E-state index >= 15 is 0 Å². The molecule has 0 saturated carbocycles. The Balaban J connectivity index is 2.49. The van der Waals surface area contributed by atoms with Gasteiger partial charge in [-0.2, -0.15) is 0 Å². The molecular weight excluding hydrogens is 271 g/mol. The molecule has 1 aromatic heterocycles. The molecule has 4 nitrogen and oxygen atoms in total. The molecule has 0 bridgehead atoms. The molecular formula is C16H19FN2O2. The average Bonchev–Trinajstić information content (AvgIpc) is 2.80. The van der Waals surface area contributed by atoms with Crippen molar-refractivity contribution in [1.82, 2.24) is 9.47 Å². The number of carbonyl (C=O) groups excluding carboxylic acids is 2. The van der Waals surface area contributed by atoms with Crippen LogP contribution in [0.3, 0.4) is 0 Å². The van der Waals surface area contributed by atoms with Gasteiger partial charge in [-0.1, -0.05) is 12.1 Å². The van der Waals surface area contributed by atoms with Gasteiger partial charge in [-0.3, -0.25) is 9.59 Å². The van der Waals surface area contributed by atoms with Gasteiger partial charge in [0.2, 0.25) is 5.91 Å². The Hall–Kier alpha value is -2.17. The van der Waals surface area contributed by atoms with Crippen LogP contribution < -0.4 is 0 Å². The van der Waals surface area contributed by atoms with Crippen LogP contribution in [0.2, 0.25) is 0 Å². The van der Waals surface area contributed by atoms with E-state index < -0.39 is 5.82 Å². The van der Waals surface area contributed by atoms with E-state index in [1.165, 1.54) is 17.6 Å². The monoisotopic (exact) mass is 290 g/mol. The molecule has 112 valence electrons. The Morgan fingerprint density at radius 3 is 2.48 bits per heavy atom. The van der Waals surface area contributed by atoms with E-state index in [0.717, 1.165) is 0 Å². The number of ketones is 1. The summed E-state index contributed by atoms with van der Waals surface area (Å²) in [5.74, 6) is -0.651. The standard InChI is InChI=1S/C16H19FN2O2/c1-4-18(5-2)15(21)10-19-9-13(11(3)20)12-7-6-8-14(17)16(12)19/h6-9H,4-5,10H2,1-3H3. The molecule has 0 saturated heterocycles. The lowest BCUT2D eigenvalue weighted by molar-refractivity contribution is -0.131. The van der Waals surface area contributed by atoms with Crippen LogP contribution >= 0.6 is 0 Å². The van der Waals surface area contributed by atoms with Gasteiger partial charge in [0, 0.05) is 30.2 Å². The SMILES string of the molecule is CCN(CC)C(=O)Cn1cc(C(C)=O)c2cccc(F)c21. The van der Waals surface area contributed by atoms with E-state index in [-0.39, 0.29) is 18.2 Å². The zero-order valence-electron chi connectivity index (χ0n) is 12.5. The largest absolute Gasteiger partial charge is 0.342 e. The van der Waals surface area contributed by atoms with Crippen LogP contribution in [0.1, 0.15) is 31.1 Å². The summed E-state index contributed by atoms with van der Waals surface area (Å²) >= 11 is 0. The zero-order valence-corrected chi connectivity index (χ0v) is 12.5. The van der Waals surface area contributed by atoms with Crippen molar-refractivity contribution in [1.29, 1.82) is 0 Å². The van der Waals surface area contributed by atoms with Crippen molar-refractivity contribution >= 4 is 22.6 Å². The number of rotatable bonds is 5. The number of para-hydroxylation sites is 1. The average molecular weight is 290 g/mol. The lowest BCUT2D eigenvalue weighted by Crippen LogP contribution is -2.33. The number of Topliss-reactive ketones (excluding diaryl/α,β-unsaturated/α-hetero) is 1. The van der Waals surface area contributed by atoms with Gasteiger partial charge < -0.3 is 9.47 Å². The van der Waals surface area contributed by atoms with Crippen molar-refractivity contribution in [2.75, 3.05) is 13.1 Å². The second-order valence-electron chi connectivity index (χ2n) is 4.93. The Morgan fingerprint density at radius 1 is 1.24 bits per heavy atom. The molecule has 1 aromatic carbocycles. The van der Waals surface area contributed by atoms with Gasteiger partial charge in [0.1, 0.15) is 12.4 Å². The van der Waals surface area contributed by atoms with Crippen molar-refractivity contribution < 1.29 is 14.0 Å². The number of benzene rings is 1. The maximum absolute atomic E-state index is 14.1. The Labute approximate surface area is 123 Å². The number of fused-ring (bicyclic) bond motifs is 1. The zero-order chi connectivity index (χ0) is 15.6. The summed E-state index contributed by atoms with van der Waals surface area (Å²) in [7, 11) is 0. The number of hydrogen-bond acceptors (Lipinski definition) is 2. The molecule has 0 atom stereocenters. The number of hydrogen-bond donors (Lipinski definition) is 0. The molecule has 0 spiro atoms. The van der Waals surface area contributed by atoms with Gasteiger partial charge in [-0.15, -0.1) is 0 Å². The van der Waals surface area contributed by atoms with Crippen LogP contribution in [0.4, 0.5) is 4.39 Å². The lowest BCUT2D eigenvalue weighted by Gasteiger charge is -2.19. The molecule has 0 radical (unpaired) electrons. The first-order valence-electron chi connectivity index (χ1n) is 7.05. The van der Waals surface area contributed by atoms with Crippen LogP contribution in [0.5, 0.6) is 0 Å². The van der Waals surface area contributed by atoms with Crippen LogP contribution in [0.15, 0.2) is 24.4 Å². The molecule has 0 fully saturated rings. The molecule has 1 amide bonds. The lowest BCUT2D eigenvalue weighted by atomic mass is 10.1. The highest BCUT2D eigenvalue weighted by molar-refractivity contribution is 6.07. The third-order valence-corrected chi connectivity index (χ3v) is 3.65. The molecule has 0 aliphatic carbocycles. The smallest absolute Gasteiger partial charge is 0.242 e. The first-order valence-corrected chi connectivity index (χ1v) is 7.05. The highest BCUT2D eigenvalue weighted by atomic mass is 19.1. The Morgan fingerprint density at radius 2 is 1.90 bits per heavy atom. The van der Waals surface area contributed by atoms with E-state index in [1.807, 2.05) is 13.8 Å². The summed E-state index contributed by atoms with van der Waals surface area (Å²) in [6.07, 6.45) is 1.57. The minimum Gasteiger partial charge on any atom is -0.342 e. The van der Waals surface area contributed by atoms with Crippen molar-refractivity contribution in [2.45, 2.75) is 27.3 Å². The summed E-state index contributed by atoms with van der Waals surface area (Å²) in [5, 5.41) is 0.551. The van der Waals surface area contributed by atoms with Crippen LogP contribution in [0, 0.1) is 5.82 Å². The first kappa shape index (κ1) is 15.2. The third-order valence-electron chi connectivity index (χ3n) is 3.65. The molecule has 0 aliphatic heterocycles. The van der Waals surface area contributed by atoms with Crippen LogP contribution in [-0.2, 0) is 11.3 Å². The summed E-state index contributed by atoms with van der Waals surface area (Å²) in [5.41, 5.74) is 0.750. The molecule has 0 N–H and O–H groups in total. The fraction of sp³-hybridized carbons (Fsp3) is 0.375. The van der Waals surface area contributed by atoms with Crippen molar-refractivity contribution in [3.05, 3.63) is 35.8 Å². The predicted molar refractivity (Wildman–Crippen MR) is 79.8 cm³/mol. The molecule has 2 rings (SSSR count). The number of amides is 1. The van der Waals surface area contributed by atoms with E-state index in [1.54, 1.807) is 23.2 Å². The summed E-state index contributed by atoms with van der Waals surface area (Å²) in [4.78, 5) is 25.6. The first-order chi connectivity index (χ1) is 9.99. The summed E-state index contributed by atoms with van der Waals surface area (Å²) in [6.45, 7) is 6.49. The second kappa shape index (κ2) is 6.08. The number of likely N-dealkylation sites (N-methyl/N-ethyl adjacent to an activating group) is 1. The van der Waals surface area contributed by atoms with E-state index in [0.29, 0.717) is 29.6 Å². The van der Waals surface area contributed by atoms with Crippen molar-refractivity contribution in [2.24, 2.45) is 0 Å². The fourth-order valence-electron chi connectivity index (χ4n) is 2.54. The normalized spacial score (nSPS) is 10.9. The minimum atomic E-state index is -0.424. The van der Waals surface area contributed by atoms with Gasteiger partial charge >= 0.3 is 0 Å². The molecule has 0 aliphatic rings. The van der Waals surface area contributed by atoms with E-state index in [2.05, 4.69) is 0 Å². The van der Waals surface area contributed by atoms with Gasteiger partial charge in [0.05, 0.1) is 5.52 Å². The second-order valence-corrected chi connectivity index (χ2v) is 4.93. The van der Waals surface area contributed by atoms with Crippen molar-refractivity contribution in [3.8, 4) is 0 Å². The number of nitrogens with zero attached hydrogens (tertiary/aromatic N) is 2. The van der Waals surface area contributed by atoms with E-state index in [4.69, 9.17) is 0 Å². The summed E-state index contributed by atoms with van der Waals surface area (Å²) < 4.78 is 15.6. The predicted octanol–water partition coefficient (Wildman–Crippen LogP) is 2.85. The van der Waals surface area contributed by atoms with E-state index in [9.17, 15) is 14.0 Å². The van der Waals surface area contributed by atoms with Crippen molar-refractivity contribution in [3.63, 3.8) is 0 Å². The summed E-state index contributed by atoms with van der Waals surface area (Å²) in [6, 6.07) is 4.61. The van der Waals surface area contributed by atoms with Gasteiger partial charge in [-0.25, -0.2) is 4.39 Å². The highest BCUT2D eigenvalue weighted by Crippen LogP contribution is 2.24. The maximum atomic E-state index is 14.1. The topological polar surface area (TPSA) is 42.3 Å². The van der Waals surface area contributed by atoms with Gasteiger partial charge in [0.15, 0.2) is 5.78 Å². The Kier molecular flexibility index (Phi) is 4.40. The molecule has 5 heteroatoms. The van der Waals surface area contributed by atoms with Crippen LogP contribution in [-0.4, -0.2) is 34.2 Å². The third kappa shape index (κ3) is 2.82. The maximum Gasteiger partial charge on any atom is 0.242 e. The fourth-order valence-corrected chi connectivity index (χ4v) is 2.54. The Bertz CT molecular complexity index is 687. The number of aromatic nitrogens is 1. The molecule has 2 aromatic rings. The van der Waals surface area contributed by atoms with Gasteiger partial charge in [0.25, 0.3) is 0 Å².